The molecular weight excluding hydrogens is 260 g/mol. The van der Waals surface area contributed by atoms with Crippen LogP contribution in [0.3, 0.4) is 0 Å². The molecule has 1 fully saturated rings. The van der Waals surface area contributed by atoms with Crippen LogP contribution in [0.25, 0.3) is 11.2 Å². The number of nitrogens with zero attached hydrogens (tertiary/aromatic N) is 3. The van der Waals surface area contributed by atoms with Gasteiger partial charge < -0.3 is 9.72 Å². The van der Waals surface area contributed by atoms with E-state index in [0.29, 0.717) is 0 Å². The van der Waals surface area contributed by atoms with Crippen LogP contribution in [0.2, 0.25) is 0 Å². The highest BCUT2D eigenvalue weighted by atomic mass is 32.1. The molecular formula is C13H20N4OS. The number of aryl methyl sites for hydroxylation is 2. The van der Waals surface area contributed by atoms with Gasteiger partial charge in [-0.3, -0.25) is 9.25 Å². The van der Waals surface area contributed by atoms with Gasteiger partial charge >= 0.3 is 0 Å². The van der Waals surface area contributed by atoms with Crippen molar-refractivity contribution in [2.24, 2.45) is 7.05 Å². The molecule has 0 aromatic carbocycles. The number of nitrogens with one attached hydrogen (secondary N) is 1. The van der Waals surface area contributed by atoms with Crippen LogP contribution in [-0.2, 0) is 24.8 Å². The Bertz CT molecular complexity index is 633. The monoisotopic (exact) mass is 280 g/mol. The molecule has 2 aromatic heterocycles. The van der Waals surface area contributed by atoms with Crippen molar-refractivity contribution in [2.45, 2.75) is 45.3 Å². The molecule has 5 nitrogen and oxygen atoms in total. The number of hydrogen-bond acceptors (Lipinski definition) is 3. The van der Waals surface area contributed by atoms with E-state index in [1.807, 2.05) is 11.7 Å². The van der Waals surface area contributed by atoms with Gasteiger partial charge in [0.15, 0.2) is 10.4 Å². The standard InChI is InChI=1S/C13H20N4OS/c1-3-10-11-12(16(2)15-10)17(13(19)14-11)8-9-6-4-5-7-18-9/h9H,3-8H2,1-2H3,(H,14,19). The Balaban J connectivity index is 2.00. The molecule has 1 aliphatic rings. The van der Waals surface area contributed by atoms with Gasteiger partial charge in [-0.05, 0) is 37.9 Å². The van der Waals surface area contributed by atoms with Crippen LogP contribution >= 0.6 is 12.2 Å². The number of H-pyrrole nitrogens is 1. The largest absolute Gasteiger partial charge is 0.376 e. The minimum Gasteiger partial charge on any atom is -0.376 e. The second-order valence-electron chi connectivity index (χ2n) is 5.15. The SMILES string of the molecule is CCc1nn(C)c2c1[nH]c(=S)n2CC1CCCCO1. The van der Waals surface area contributed by atoms with Gasteiger partial charge in [-0.25, -0.2) is 0 Å². The van der Waals surface area contributed by atoms with Crippen LogP contribution < -0.4 is 0 Å². The van der Waals surface area contributed by atoms with Gasteiger partial charge in [0.1, 0.15) is 5.52 Å². The summed E-state index contributed by atoms with van der Waals surface area (Å²) >= 11 is 5.45. The first kappa shape index (κ1) is 12.9. The molecule has 0 radical (unpaired) electrons. The normalized spacial score (nSPS) is 20.2. The molecule has 0 saturated carbocycles. The van der Waals surface area contributed by atoms with Crippen molar-refractivity contribution in [3.8, 4) is 0 Å². The van der Waals surface area contributed by atoms with Crippen molar-refractivity contribution in [3.63, 3.8) is 0 Å². The fraction of sp³-hybridized carbons (Fsp3) is 0.692. The summed E-state index contributed by atoms with van der Waals surface area (Å²) in [7, 11) is 1.97. The summed E-state index contributed by atoms with van der Waals surface area (Å²) in [6, 6.07) is 0. The summed E-state index contributed by atoms with van der Waals surface area (Å²) in [5.74, 6) is 0. The summed E-state index contributed by atoms with van der Waals surface area (Å²) in [5, 5.41) is 4.54. The summed E-state index contributed by atoms with van der Waals surface area (Å²) in [6.07, 6.45) is 4.73. The van der Waals surface area contributed by atoms with E-state index < -0.39 is 0 Å². The highest BCUT2D eigenvalue weighted by Gasteiger charge is 2.19. The number of ether oxygens (including phenoxy) is 1. The minimum atomic E-state index is 0.277. The number of hydrogen-bond donors (Lipinski definition) is 1. The molecule has 0 spiro atoms. The predicted molar refractivity (Wildman–Crippen MR) is 76.9 cm³/mol. The van der Waals surface area contributed by atoms with Crippen LogP contribution in [0.1, 0.15) is 31.9 Å². The number of aromatic amines is 1. The third-order valence-corrected chi connectivity index (χ3v) is 4.14. The predicted octanol–water partition coefficient (Wildman–Crippen LogP) is 2.56. The lowest BCUT2D eigenvalue weighted by Crippen LogP contribution is -2.24. The van der Waals surface area contributed by atoms with E-state index in [0.717, 1.165) is 47.6 Å². The van der Waals surface area contributed by atoms with Gasteiger partial charge in [-0.15, -0.1) is 0 Å². The first-order chi connectivity index (χ1) is 9.20. The summed E-state index contributed by atoms with van der Waals surface area (Å²) < 4.78 is 10.6. The minimum absolute atomic E-state index is 0.277. The van der Waals surface area contributed by atoms with Crippen molar-refractivity contribution in [2.75, 3.05) is 6.61 Å². The van der Waals surface area contributed by atoms with E-state index in [9.17, 15) is 0 Å². The highest BCUT2D eigenvalue weighted by molar-refractivity contribution is 7.71. The Hall–Kier alpha value is -1.14. The highest BCUT2D eigenvalue weighted by Crippen LogP contribution is 2.21. The van der Waals surface area contributed by atoms with E-state index in [1.165, 1.54) is 12.8 Å². The maximum absolute atomic E-state index is 5.82. The zero-order chi connectivity index (χ0) is 13.4. The average Bonchev–Trinajstić information content (AvgIpc) is 2.90. The summed E-state index contributed by atoms with van der Waals surface area (Å²) in [4.78, 5) is 3.30. The molecule has 1 saturated heterocycles. The molecule has 2 aromatic rings. The number of aromatic nitrogens is 4. The molecule has 3 rings (SSSR count). The summed E-state index contributed by atoms with van der Waals surface area (Å²) in [5.41, 5.74) is 3.23. The molecule has 104 valence electrons. The number of rotatable bonds is 3. The molecule has 1 atom stereocenters. The Morgan fingerprint density at radius 3 is 3.00 bits per heavy atom. The molecule has 6 heteroatoms. The van der Waals surface area contributed by atoms with Crippen molar-refractivity contribution < 1.29 is 4.74 Å². The lowest BCUT2D eigenvalue weighted by Gasteiger charge is -2.23. The second kappa shape index (κ2) is 5.09. The number of imidazole rings is 1. The van der Waals surface area contributed by atoms with Gasteiger partial charge in [0.05, 0.1) is 18.3 Å². The Labute approximate surface area is 117 Å². The van der Waals surface area contributed by atoms with Crippen LogP contribution in [-0.4, -0.2) is 32.0 Å². The quantitative estimate of drug-likeness (QED) is 0.879. The Kier molecular flexibility index (Phi) is 3.45. The van der Waals surface area contributed by atoms with E-state index in [4.69, 9.17) is 17.0 Å². The average molecular weight is 280 g/mol. The second-order valence-corrected chi connectivity index (χ2v) is 5.54. The van der Waals surface area contributed by atoms with Gasteiger partial charge in [0.25, 0.3) is 0 Å². The molecule has 19 heavy (non-hydrogen) atoms. The molecule has 0 bridgehead atoms. The van der Waals surface area contributed by atoms with E-state index in [2.05, 4.69) is 21.6 Å². The topological polar surface area (TPSA) is 47.8 Å². The molecule has 1 aliphatic heterocycles. The van der Waals surface area contributed by atoms with Crippen LogP contribution in [0.15, 0.2) is 0 Å². The van der Waals surface area contributed by atoms with Gasteiger partial charge in [0.2, 0.25) is 0 Å². The Morgan fingerprint density at radius 2 is 2.32 bits per heavy atom. The lowest BCUT2D eigenvalue weighted by molar-refractivity contribution is 0.00625. The van der Waals surface area contributed by atoms with Crippen LogP contribution in [0.4, 0.5) is 0 Å². The fourth-order valence-electron chi connectivity index (χ4n) is 2.85. The van der Waals surface area contributed by atoms with Gasteiger partial charge in [-0.2, -0.15) is 5.10 Å². The van der Waals surface area contributed by atoms with Crippen molar-refractivity contribution in [3.05, 3.63) is 10.5 Å². The van der Waals surface area contributed by atoms with Crippen molar-refractivity contribution in [1.29, 1.82) is 0 Å². The van der Waals surface area contributed by atoms with Gasteiger partial charge in [0, 0.05) is 13.7 Å². The number of fused-ring (bicyclic) bond motifs is 1. The Morgan fingerprint density at radius 1 is 1.47 bits per heavy atom. The lowest BCUT2D eigenvalue weighted by atomic mass is 10.1. The molecule has 1 N–H and O–H groups in total. The van der Waals surface area contributed by atoms with Crippen LogP contribution in [0, 0.1) is 4.77 Å². The first-order valence-electron chi connectivity index (χ1n) is 6.96. The van der Waals surface area contributed by atoms with E-state index in [1.54, 1.807) is 0 Å². The maximum atomic E-state index is 5.82. The molecule has 0 aliphatic carbocycles. The first-order valence-corrected chi connectivity index (χ1v) is 7.37. The van der Waals surface area contributed by atoms with Crippen LogP contribution in [0.5, 0.6) is 0 Å². The van der Waals surface area contributed by atoms with Crippen molar-refractivity contribution in [1.82, 2.24) is 19.3 Å². The van der Waals surface area contributed by atoms with Gasteiger partial charge in [-0.1, -0.05) is 6.92 Å². The molecule has 1 unspecified atom stereocenters. The van der Waals surface area contributed by atoms with E-state index in [-0.39, 0.29) is 6.10 Å². The zero-order valence-electron chi connectivity index (χ0n) is 11.5. The maximum Gasteiger partial charge on any atom is 0.179 e. The fourth-order valence-corrected chi connectivity index (χ4v) is 3.11. The smallest absolute Gasteiger partial charge is 0.179 e. The van der Waals surface area contributed by atoms with E-state index >= 15 is 0 Å². The third-order valence-electron chi connectivity index (χ3n) is 3.82. The zero-order valence-corrected chi connectivity index (χ0v) is 12.3. The third kappa shape index (κ3) is 2.23. The molecule has 3 heterocycles. The van der Waals surface area contributed by atoms with Crippen molar-refractivity contribution >= 4 is 23.4 Å². The summed E-state index contributed by atoms with van der Waals surface area (Å²) in [6.45, 7) is 3.80. The molecule has 0 amide bonds.